The number of hydrogen-bond acceptors (Lipinski definition) is 8. The van der Waals surface area contributed by atoms with Crippen LogP contribution in [0.1, 0.15) is 38.2 Å². The Morgan fingerprint density at radius 2 is 2.03 bits per heavy atom. The normalized spacial score (nSPS) is 15.1. The van der Waals surface area contributed by atoms with E-state index in [1.807, 2.05) is 4.90 Å². The van der Waals surface area contributed by atoms with Crippen LogP contribution in [-0.2, 0) is 19.1 Å². The first-order valence-corrected chi connectivity index (χ1v) is 10.2. The standard InChI is InChI=1S/C22H27N5O5/c1-14(25-2)18(13-24)22(31)26-16-3-4-19(15(11-16)12-23)27-9-7-17(8-10-27)32-21(30)6-5-20(28)29/h3-4,11,13,17H,5-10,24H2,1-2H3,(H,26,31)(H,28,29). The number of esters is 1. The molecule has 0 bridgehead atoms. The molecule has 1 aromatic rings. The molecule has 2 rings (SSSR count). The van der Waals surface area contributed by atoms with Crippen molar-refractivity contribution >= 4 is 34.9 Å². The van der Waals surface area contributed by atoms with Crippen molar-refractivity contribution in [3.05, 3.63) is 35.5 Å². The van der Waals surface area contributed by atoms with Crippen LogP contribution in [0.25, 0.3) is 0 Å². The van der Waals surface area contributed by atoms with Crippen LogP contribution < -0.4 is 16.0 Å². The SMILES string of the molecule is CN=C(C)C(=CN)C(=O)Nc1ccc(N2CCC(OC(=O)CCC(=O)O)CC2)c(C#N)c1. The highest BCUT2D eigenvalue weighted by atomic mass is 16.5. The van der Waals surface area contributed by atoms with Gasteiger partial charge < -0.3 is 25.8 Å². The number of rotatable bonds is 8. The van der Waals surface area contributed by atoms with Gasteiger partial charge in [-0.2, -0.15) is 5.26 Å². The van der Waals surface area contributed by atoms with E-state index in [-0.39, 0.29) is 24.5 Å². The van der Waals surface area contributed by atoms with E-state index in [0.717, 1.165) is 5.69 Å². The molecule has 1 amide bonds. The zero-order valence-corrected chi connectivity index (χ0v) is 18.1. The third-order valence-corrected chi connectivity index (χ3v) is 5.14. The summed E-state index contributed by atoms with van der Waals surface area (Å²) in [6, 6.07) is 7.22. The zero-order valence-electron chi connectivity index (χ0n) is 18.1. The molecule has 0 atom stereocenters. The van der Waals surface area contributed by atoms with E-state index in [1.54, 1.807) is 32.2 Å². The molecule has 0 radical (unpaired) electrons. The second-order valence-corrected chi connectivity index (χ2v) is 7.26. The monoisotopic (exact) mass is 441 g/mol. The van der Waals surface area contributed by atoms with Gasteiger partial charge in [-0.05, 0) is 25.1 Å². The number of aliphatic imine (C=N–C) groups is 1. The first kappa shape index (κ1) is 24.4. The van der Waals surface area contributed by atoms with Crippen LogP contribution >= 0.6 is 0 Å². The first-order chi connectivity index (χ1) is 15.3. The molecule has 4 N–H and O–H groups in total. The Morgan fingerprint density at radius 1 is 1.34 bits per heavy atom. The van der Waals surface area contributed by atoms with Crippen molar-refractivity contribution in [1.29, 1.82) is 5.26 Å². The van der Waals surface area contributed by atoms with Crippen molar-refractivity contribution in [3.63, 3.8) is 0 Å². The second-order valence-electron chi connectivity index (χ2n) is 7.26. The first-order valence-electron chi connectivity index (χ1n) is 10.2. The number of carbonyl (C=O) groups excluding carboxylic acids is 2. The lowest BCUT2D eigenvalue weighted by Crippen LogP contribution is -2.38. The van der Waals surface area contributed by atoms with Crippen LogP contribution in [0.4, 0.5) is 11.4 Å². The van der Waals surface area contributed by atoms with Crippen LogP contribution in [0, 0.1) is 11.3 Å². The molecule has 170 valence electrons. The highest BCUT2D eigenvalue weighted by molar-refractivity contribution is 6.24. The zero-order chi connectivity index (χ0) is 23.7. The fourth-order valence-electron chi connectivity index (χ4n) is 3.33. The summed E-state index contributed by atoms with van der Waals surface area (Å²) in [6.45, 7) is 2.82. The predicted molar refractivity (Wildman–Crippen MR) is 119 cm³/mol. The fourth-order valence-corrected chi connectivity index (χ4v) is 3.33. The van der Waals surface area contributed by atoms with Crippen LogP contribution in [0.5, 0.6) is 0 Å². The Labute approximate surface area is 186 Å². The van der Waals surface area contributed by atoms with Crippen molar-refractivity contribution in [2.75, 3.05) is 30.4 Å². The van der Waals surface area contributed by atoms with E-state index < -0.39 is 17.8 Å². The number of nitrogens with two attached hydrogens (primary N) is 1. The average Bonchev–Trinajstić information content (AvgIpc) is 2.78. The summed E-state index contributed by atoms with van der Waals surface area (Å²) in [5, 5.41) is 21.0. The summed E-state index contributed by atoms with van der Waals surface area (Å²) in [5.74, 6) is -1.97. The maximum atomic E-state index is 12.4. The van der Waals surface area contributed by atoms with Gasteiger partial charge in [0.1, 0.15) is 12.2 Å². The van der Waals surface area contributed by atoms with Gasteiger partial charge in [0, 0.05) is 50.6 Å². The van der Waals surface area contributed by atoms with Gasteiger partial charge in [-0.3, -0.25) is 19.4 Å². The number of carboxylic acid groups (broad SMARTS) is 1. The minimum Gasteiger partial charge on any atom is -0.481 e. The Morgan fingerprint density at radius 3 is 2.59 bits per heavy atom. The number of nitrogens with zero attached hydrogens (tertiary/aromatic N) is 3. The Bertz CT molecular complexity index is 971. The molecule has 10 heteroatoms. The summed E-state index contributed by atoms with van der Waals surface area (Å²) < 4.78 is 5.34. The molecule has 1 aliphatic heterocycles. The van der Waals surface area contributed by atoms with Crippen LogP contribution in [0.2, 0.25) is 0 Å². The van der Waals surface area contributed by atoms with E-state index in [4.69, 9.17) is 15.6 Å². The summed E-state index contributed by atoms with van der Waals surface area (Å²) in [4.78, 5) is 40.7. The van der Waals surface area contributed by atoms with Crippen molar-refractivity contribution in [1.82, 2.24) is 0 Å². The summed E-state index contributed by atoms with van der Waals surface area (Å²) >= 11 is 0. The molecule has 1 saturated heterocycles. The van der Waals surface area contributed by atoms with E-state index >= 15 is 0 Å². The minimum absolute atomic E-state index is 0.147. The molecule has 0 unspecified atom stereocenters. The summed E-state index contributed by atoms with van der Waals surface area (Å²) in [6.07, 6.45) is 1.66. The molecule has 32 heavy (non-hydrogen) atoms. The van der Waals surface area contributed by atoms with Gasteiger partial charge in [-0.1, -0.05) is 0 Å². The molecule has 1 aliphatic rings. The molecule has 1 heterocycles. The molecule has 0 spiro atoms. The number of aliphatic carboxylic acids is 1. The summed E-state index contributed by atoms with van der Waals surface area (Å²) in [5.41, 5.74) is 7.86. The largest absolute Gasteiger partial charge is 0.481 e. The topological polar surface area (TPSA) is 158 Å². The number of anilines is 2. The molecule has 10 nitrogen and oxygen atoms in total. The molecular formula is C22H27N5O5. The average molecular weight is 441 g/mol. The number of hydrogen-bond donors (Lipinski definition) is 3. The Balaban J connectivity index is 2.01. The Kier molecular flexibility index (Phi) is 8.77. The van der Waals surface area contributed by atoms with E-state index in [2.05, 4.69) is 16.4 Å². The molecule has 0 aromatic heterocycles. The number of amides is 1. The number of ether oxygens (including phenoxy) is 1. The van der Waals surface area contributed by atoms with Crippen LogP contribution in [-0.4, -0.2) is 54.9 Å². The number of benzene rings is 1. The minimum atomic E-state index is -1.04. The molecule has 0 aliphatic carbocycles. The second kappa shape index (κ2) is 11.5. The van der Waals surface area contributed by atoms with Gasteiger partial charge >= 0.3 is 11.9 Å². The van der Waals surface area contributed by atoms with Gasteiger partial charge in [-0.15, -0.1) is 0 Å². The number of nitrogens with one attached hydrogen (secondary N) is 1. The number of nitriles is 1. The molecule has 1 aromatic carbocycles. The lowest BCUT2D eigenvalue weighted by molar-refractivity contribution is -0.152. The van der Waals surface area contributed by atoms with E-state index in [1.165, 1.54) is 6.20 Å². The van der Waals surface area contributed by atoms with Gasteiger partial charge in [0.05, 0.1) is 29.7 Å². The van der Waals surface area contributed by atoms with Crippen molar-refractivity contribution in [2.45, 2.75) is 38.7 Å². The molecule has 1 fully saturated rings. The predicted octanol–water partition coefficient (Wildman–Crippen LogP) is 1.81. The summed E-state index contributed by atoms with van der Waals surface area (Å²) in [7, 11) is 1.56. The number of piperidine rings is 1. The van der Waals surface area contributed by atoms with E-state index in [0.29, 0.717) is 42.9 Å². The molecular weight excluding hydrogens is 414 g/mol. The lowest BCUT2D eigenvalue weighted by atomic mass is 10.0. The van der Waals surface area contributed by atoms with Crippen molar-refractivity contribution in [3.8, 4) is 6.07 Å². The van der Waals surface area contributed by atoms with Crippen molar-refractivity contribution < 1.29 is 24.2 Å². The lowest BCUT2D eigenvalue weighted by Gasteiger charge is -2.33. The smallest absolute Gasteiger partial charge is 0.306 e. The van der Waals surface area contributed by atoms with E-state index in [9.17, 15) is 19.6 Å². The third kappa shape index (κ3) is 6.57. The maximum Gasteiger partial charge on any atom is 0.306 e. The highest BCUT2D eigenvalue weighted by Crippen LogP contribution is 2.27. The maximum absolute atomic E-state index is 12.4. The number of carbonyl (C=O) groups is 3. The van der Waals surface area contributed by atoms with Crippen molar-refractivity contribution in [2.24, 2.45) is 10.7 Å². The van der Waals surface area contributed by atoms with Gasteiger partial charge in [0.15, 0.2) is 0 Å². The molecule has 0 saturated carbocycles. The highest BCUT2D eigenvalue weighted by Gasteiger charge is 2.24. The third-order valence-electron chi connectivity index (χ3n) is 5.14. The van der Waals surface area contributed by atoms with Gasteiger partial charge in [-0.25, -0.2) is 0 Å². The Hall–Kier alpha value is -3.87. The van der Waals surface area contributed by atoms with Crippen LogP contribution in [0.15, 0.2) is 35.0 Å². The van der Waals surface area contributed by atoms with Gasteiger partial charge in [0.25, 0.3) is 5.91 Å². The van der Waals surface area contributed by atoms with Gasteiger partial charge in [0.2, 0.25) is 0 Å². The van der Waals surface area contributed by atoms with Crippen LogP contribution in [0.3, 0.4) is 0 Å². The fraction of sp³-hybridized carbons (Fsp3) is 0.409. The quantitative estimate of drug-likeness (QED) is 0.313. The number of carboxylic acids is 1.